The number of aliphatic carboxylic acids is 2. The third kappa shape index (κ3) is 5.52. The number of carboxylic acid groups (broad SMARTS) is 2. The van der Waals surface area contributed by atoms with Crippen LogP contribution in [0.2, 0.25) is 0 Å². The summed E-state index contributed by atoms with van der Waals surface area (Å²) >= 11 is 0. The number of rotatable bonds is 3. The summed E-state index contributed by atoms with van der Waals surface area (Å²) < 4.78 is 0. The highest BCUT2D eigenvalue weighted by Crippen LogP contribution is 1.86. The molecule has 0 aliphatic carbocycles. The highest BCUT2D eigenvalue weighted by Gasteiger charge is 2.14. The first-order valence-corrected chi connectivity index (χ1v) is 2.24. The first-order valence-electron chi connectivity index (χ1n) is 2.24. The van der Waals surface area contributed by atoms with E-state index < -0.39 is 24.4 Å². The van der Waals surface area contributed by atoms with Gasteiger partial charge in [-0.15, -0.1) is 17.0 Å². The molecule has 60 valence electrons. The van der Waals surface area contributed by atoms with Crippen LogP contribution in [0.1, 0.15) is 6.42 Å². The lowest BCUT2D eigenvalue weighted by Gasteiger charge is -1.99. The normalized spacial score (nSPS) is 11.3. The molecule has 0 fully saturated rings. The van der Waals surface area contributed by atoms with Crippen molar-refractivity contribution in [1.82, 2.24) is 0 Å². The van der Waals surface area contributed by atoms with Gasteiger partial charge in [-0.2, -0.15) is 0 Å². The van der Waals surface area contributed by atoms with Gasteiger partial charge in [0, 0.05) is 0 Å². The van der Waals surface area contributed by atoms with E-state index in [0.29, 0.717) is 0 Å². The fourth-order valence-corrected chi connectivity index (χ4v) is 0.275. The minimum absolute atomic E-state index is 0. The minimum atomic E-state index is -1.29. The Hall–Kier alpha value is -0.620. The molecule has 0 rings (SSSR count). The summed E-state index contributed by atoms with van der Waals surface area (Å²) in [6.45, 7) is 0. The summed E-state index contributed by atoms with van der Waals surface area (Å²) in [6.07, 6.45) is -0.532. The van der Waals surface area contributed by atoms with Gasteiger partial charge in [0.1, 0.15) is 6.04 Å². The summed E-state index contributed by atoms with van der Waals surface area (Å²) in [6, 6.07) is -1.29. The number of carbonyl (C=O) groups is 2. The molecule has 1 atom stereocenters. The Morgan fingerprint density at radius 1 is 1.40 bits per heavy atom. The van der Waals surface area contributed by atoms with Gasteiger partial charge in [0.25, 0.3) is 0 Å². The first-order chi connectivity index (χ1) is 4.04. The van der Waals surface area contributed by atoms with E-state index in [-0.39, 0.29) is 17.0 Å². The van der Waals surface area contributed by atoms with Gasteiger partial charge < -0.3 is 15.9 Å². The maximum Gasteiger partial charge on any atom is 0.321 e. The van der Waals surface area contributed by atoms with E-state index in [1.807, 2.05) is 0 Å². The molecule has 0 aromatic carbocycles. The van der Waals surface area contributed by atoms with Gasteiger partial charge in [-0.05, 0) is 0 Å². The van der Waals surface area contributed by atoms with Crippen LogP contribution in [0.5, 0.6) is 0 Å². The van der Waals surface area contributed by atoms with Crippen LogP contribution in [-0.4, -0.2) is 28.2 Å². The van der Waals surface area contributed by atoms with E-state index >= 15 is 0 Å². The Bertz CT molecular complexity index is 137. The average Bonchev–Trinajstić information content (AvgIpc) is 1.63. The highest BCUT2D eigenvalue weighted by atomic mass is 79.9. The molecular formula is C4H8BrNO4. The van der Waals surface area contributed by atoms with Crippen molar-refractivity contribution in [2.75, 3.05) is 0 Å². The largest absolute Gasteiger partial charge is 0.481 e. The molecule has 0 aromatic rings. The van der Waals surface area contributed by atoms with Crippen LogP contribution >= 0.6 is 17.0 Å². The van der Waals surface area contributed by atoms with E-state index in [4.69, 9.17) is 15.9 Å². The molecule has 5 nitrogen and oxygen atoms in total. The fraction of sp³-hybridized carbons (Fsp3) is 0.500. The molecule has 4 N–H and O–H groups in total. The maximum absolute atomic E-state index is 9.85. The topological polar surface area (TPSA) is 101 Å². The molecule has 0 amide bonds. The lowest BCUT2D eigenvalue weighted by Crippen LogP contribution is -2.32. The molecule has 0 aliphatic heterocycles. The van der Waals surface area contributed by atoms with E-state index in [9.17, 15) is 9.59 Å². The van der Waals surface area contributed by atoms with E-state index in [1.54, 1.807) is 0 Å². The van der Waals surface area contributed by atoms with Crippen LogP contribution < -0.4 is 5.73 Å². The summed E-state index contributed by atoms with van der Waals surface area (Å²) in [7, 11) is 0. The Morgan fingerprint density at radius 3 is 1.90 bits per heavy atom. The van der Waals surface area contributed by atoms with Crippen LogP contribution in [0.3, 0.4) is 0 Å². The van der Waals surface area contributed by atoms with Crippen LogP contribution in [0.25, 0.3) is 0 Å². The third-order valence-corrected chi connectivity index (χ3v) is 0.712. The van der Waals surface area contributed by atoms with Crippen LogP contribution in [-0.2, 0) is 9.59 Å². The molecule has 0 saturated heterocycles. The number of nitrogens with two attached hydrogens (primary N) is 1. The highest BCUT2D eigenvalue weighted by molar-refractivity contribution is 8.93. The van der Waals surface area contributed by atoms with Crippen molar-refractivity contribution in [3.05, 3.63) is 0 Å². The molecule has 0 spiro atoms. The predicted octanol–water partition coefficient (Wildman–Crippen LogP) is -0.549. The average molecular weight is 214 g/mol. The van der Waals surface area contributed by atoms with Gasteiger partial charge in [0.2, 0.25) is 0 Å². The van der Waals surface area contributed by atoms with Gasteiger partial charge in [0.05, 0.1) is 6.42 Å². The molecule has 0 aliphatic rings. The monoisotopic (exact) mass is 213 g/mol. The van der Waals surface area contributed by atoms with Gasteiger partial charge in [-0.3, -0.25) is 9.59 Å². The fourth-order valence-electron chi connectivity index (χ4n) is 0.275. The zero-order chi connectivity index (χ0) is 7.44. The lowest BCUT2D eigenvalue weighted by molar-refractivity contribution is -0.144. The number of hydrogen-bond acceptors (Lipinski definition) is 3. The molecular weight excluding hydrogens is 206 g/mol. The molecule has 0 saturated carbocycles. The summed E-state index contributed by atoms with van der Waals surface area (Å²) in [5, 5.41) is 16.0. The Kier molecular flexibility index (Phi) is 6.27. The Balaban J connectivity index is 0. The van der Waals surface area contributed by atoms with Crippen LogP contribution in [0.4, 0.5) is 0 Å². The van der Waals surface area contributed by atoms with Crippen molar-refractivity contribution in [3.63, 3.8) is 0 Å². The quantitative estimate of drug-likeness (QED) is 0.585. The number of halogens is 1. The first kappa shape index (κ1) is 12.1. The maximum atomic E-state index is 9.85. The van der Waals surface area contributed by atoms with Crippen LogP contribution in [0.15, 0.2) is 0 Å². The smallest absolute Gasteiger partial charge is 0.321 e. The van der Waals surface area contributed by atoms with Gasteiger partial charge in [-0.25, -0.2) is 0 Å². The lowest BCUT2D eigenvalue weighted by atomic mass is 10.2. The van der Waals surface area contributed by atoms with Crippen LogP contribution in [0, 0.1) is 0 Å². The molecule has 0 bridgehead atoms. The number of carboxylic acids is 2. The van der Waals surface area contributed by atoms with Crippen molar-refractivity contribution in [3.8, 4) is 0 Å². The molecule has 10 heavy (non-hydrogen) atoms. The standard InChI is InChI=1S/C4H7NO4.BrH/c5-2(4(8)9)1-3(6)7;/h2H,1,5H2,(H,6,7)(H,8,9);1H/t2-;/m0./s1. The second-order valence-corrected chi connectivity index (χ2v) is 1.54. The molecule has 0 unspecified atom stereocenters. The molecule has 6 heteroatoms. The Labute approximate surface area is 67.6 Å². The van der Waals surface area contributed by atoms with Crippen molar-refractivity contribution in [1.29, 1.82) is 0 Å². The van der Waals surface area contributed by atoms with Gasteiger partial charge in [-0.1, -0.05) is 0 Å². The van der Waals surface area contributed by atoms with E-state index in [0.717, 1.165) is 0 Å². The van der Waals surface area contributed by atoms with Crippen molar-refractivity contribution < 1.29 is 19.8 Å². The number of hydrogen-bond donors (Lipinski definition) is 3. The molecule has 0 heterocycles. The van der Waals surface area contributed by atoms with Crippen molar-refractivity contribution >= 4 is 28.9 Å². The van der Waals surface area contributed by atoms with Gasteiger partial charge in [0.15, 0.2) is 0 Å². The Morgan fingerprint density at radius 2 is 1.80 bits per heavy atom. The summed E-state index contributed by atoms with van der Waals surface area (Å²) in [5.41, 5.74) is 4.84. The van der Waals surface area contributed by atoms with Gasteiger partial charge >= 0.3 is 11.9 Å². The van der Waals surface area contributed by atoms with Crippen molar-refractivity contribution in [2.45, 2.75) is 12.5 Å². The van der Waals surface area contributed by atoms with E-state index in [1.165, 1.54) is 0 Å². The molecule has 0 radical (unpaired) electrons. The molecule has 0 aromatic heterocycles. The summed E-state index contributed by atoms with van der Waals surface area (Å²) in [4.78, 5) is 19.6. The van der Waals surface area contributed by atoms with Crippen molar-refractivity contribution in [2.24, 2.45) is 5.73 Å². The minimum Gasteiger partial charge on any atom is -0.481 e. The second-order valence-electron chi connectivity index (χ2n) is 1.54. The second kappa shape index (κ2) is 5.19. The third-order valence-electron chi connectivity index (χ3n) is 0.712. The van der Waals surface area contributed by atoms with E-state index in [2.05, 4.69) is 0 Å². The summed E-state index contributed by atoms with van der Waals surface area (Å²) in [5.74, 6) is -2.50. The zero-order valence-electron chi connectivity index (χ0n) is 4.98. The zero-order valence-corrected chi connectivity index (χ0v) is 6.69. The predicted molar refractivity (Wildman–Crippen MR) is 38.2 cm³/mol. The SMILES string of the molecule is Br.N[C@@H](CC(=O)O)C(=O)O.